The number of carbonyl (C=O) groups excluding carboxylic acids is 1. The number of aromatic nitrogens is 3. The maximum atomic E-state index is 15.1. The molecule has 3 unspecified atom stereocenters. The molecule has 3 atom stereocenters. The highest BCUT2D eigenvalue weighted by molar-refractivity contribution is 7.89. The number of hydrogen-bond acceptors (Lipinski definition) is 8. The van der Waals surface area contributed by atoms with Crippen LogP contribution >= 0.6 is 0 Å². The van der Waals surface area contributed by atoms with Crippen molar-refractivity contribution in [3.8, 4) is 0 Å². The topological polar surface area (TPSA) is 138 Å². The molecule has 2 aromatic rings. The van der Waals surface area contributed by atoms with Crippen molar-refractivity contribution in [2.45, 2.75) is 42.8 Å². The van der Waals surface area contributed by atoms with Gasteiger partial charge in [-0.1, -0.05) is 0 Å². The summed E-state index contributed by atoms with van der Waals surface area (Å²) in [5.41, 5.74) is 6.00. The molecule has 3 fully saturated rings. The summed E-state index contributed by atoms with van der Waals surface area (Å²) in [7, 11) is -3.31. The lowest BCUT2D eigenvalue weighted by Crippen LogP contribution is -2.66. The van der Waals surface area contributed by atoms with Crippen LogP contribution in [0, 0.1) is 5.82 Å². The summed E-state index contributed by atoms with van der Waals surface area (Å²) in [4.78, 5) is 19.0. The van der Waals surface area contributed by atoms with Crippen molar-refractivity contribution in [3.05, 3.63) is 23.8 Å². The third-order valence-corrected chi connectivity index (χ3v) is 9.39. The Bertz CT molecular complexity index is 1180. The van der Waals surface area contributed by atoms with Gasteiger partial charge in [0.1, 0.15) is 11.7 Å². The van der Waals surface area contributed by atoms with Crippen LogP contribution < -0.4 is 16.4 Å². The number of nitrogens with one attached hydrogen (secondary N) is 2. The molecule has 0 aromatic carbocycles. The highest BCUT2D eigenvalue weighted by Gasteiger charge is 2.43. The van der Waals surface area contributed by atoms with Gasteiger partial charge in [0.15, 0.2) is 17.3 Å². The molecular weight excluding hydrogens is 470 g/mol. The van der Waals surface area contributed by atoms with Crippen LogP contribution in [0.3, 0.4) is 0 Å². The number of amides is 1. The lowest BCUT2D eigenvalue weighted by atomic mass is 9.94. The largest absolute Gasteiger partial charge is 0.381 e. The van der Waals surface area contributed by atoms with Crippen LogP contribution in [-0.4, -0.2) is 101 Å². The molecule has 11 nitrogen and oxygen atoms in total. The van der Waals surface area contributed by atoms with Gasteiger partial charge in [0.25, 0.3) is 5.91 Å². The molecule has 34 heavy (non-hydrogen) atoms. The second kappa shape index (κ2) is 8.98. The first-order valence-electron chi connectivity index (χ1n) is 11.4. The number of piperidine rings is 2. The van der Waals surface area contributed by atoms with Crippen LogP contribution in [-0.2, 0) is 10.0 Å². The first-order chi connectivity index (χ1) is 16.3. The van der Waals surface area contributed by atoms with Crippen LogP contribution in [0.5, 0.6) is 0 Å². The van der Waals surface area contributed by atoms with Crippen molar-refractivity contribution < 1.29 is 22.0 Å². The summed E-state index contributed by atoms with van der Waals surface area (Å²) in [6.45, 7) is 2.48. The van der Waals surface area contributed by atoms with E-state index in [9.17, 15) is 17.6 Å². The van der Waals surface area contributed by atoms with Crippen molar-refractivity contribution in [1.82, 2.24) is 34.4 Å². The number of sulfonamides is 1. The molecule has 4 N–H and O–H groups in total. The highest BCUT2D eigenvalue weighted by atomic mass is 32.2. The van der Waals surface area contributed by atoms with E-state index in [-0.39, 0.29) is 23.6 Å². The molecule has 14 heteroatoms. The zero-order valence-corrected chi connectivity index (χ0v) is 19.3. The standard InChI is InChI=1S/C20H28F2N8O3S/c21-12-8-25-19-16(18(23)27-30(19)11-12)20(31)26-15-10-24-9-14(22)17(15)28-6-2-13(3-7-28)34(32,33)29-4-1-5-29/h8,11,13-15,17,24H,1-7,9-10H2,(H2,23,27)(H,26,31). The minimum Gasteiger partial charge on any atom is -0.381 e. The van der Waals surface area contributed by atoms with E-state index < -0.39 is 45.3 Å². The molecule has 3 saturated heterocycles. The number of hydrogen-bond donors (Lipinski definition) is 3. The Labute approximate surface area is 195 Å². The minimum absolute atomic E-state index is 0.000851. The SMILES string of the molecule is Nc1nn2cc(F)cnc2c1C(=O)NC1CNCC(F)C1N1CCC(S(=O)(=O)N2CCC2)CC1. The van der Waals surface area contributed by atoms with Crippen LogP contribution in [0.2, 0.25) is 0 Å². The van der Waals surface area contributed by atoms with E-state index in [1.54, 1.807) is 0 Å². The van der Waals surface area contributed by atoms with Crippen molar-refractivity contribution in [1.29, 1.82) is 0 Å². The lowest BCUT2D eigenvalue weighted by molar-refractivity contribution is 0.0435. The molecule has 0 radical (unpaired) electrons. The Balaban J connectivity index is 1.30. The lowest BCUT2D eigenvalue weighted by Gasteiger charge is -2.45. The molecule has 5 heterocycles. The summed E-state index contributed by atoms with van der Waals surface area (Å²) in [5.74, 6) is -1.31. The monoisotopic (exact) mass is 498 g/mol. The number of rotatable bonds is 5. The van der Waals surface area contributed by atoms with Crippen LogP contribution in [0.25, 0.3) is 5.65 Å². The molecule has 0 spiro atoms. The number of nitrogens with two attached hydrogens (primary N) is 1. The number of anilines is 1. The van der Waals surface area contributed by atoms with Crippen molar-refractivity contribution in [2.24, 2.45) is 0 Å². The van der Waals surface area contributed by atoms with Crippen LogP contribution in [0.1, 0.15) is 29.6 Å². The quantitative estimate of drug-likeness (QED) is 0.495. The maximum Gasteiger partial charge on any atom is 0.259 e. The molecule has 1 amide bonds. The van der Waals surface area contributed by atoms with Gasteiger partial charge in [0.05, 0.1) is 29.7 Å². The van der Waals surface area contributed by atoms with Gasteiger partial charge >= 0.3 is 0 Å². The zero-order chi connectivity index (χ0) is 24.0. The predicted molar refractivity (Wildman–Crippen MR) is 120 cm³/mol. The molecule has 2 aromatic heterocycles. The molecule has 0 saturated carbocycles. The van der Waals surface area contributed by atoms with Gasteiger partial charge in [-0.15, -0.1) is 5.10 Å². The van der Waals surface area contributed by atoms with Gasteiger partial charge in [-0.2, -0.15) is 0 Å². The minimum atomic E-state index is -3.31. The van der Waals surface area contributed by atoms with Gasteiger partial charge in [-0.05, 0) is 32.4 Å². The van der Waals surface area contributed by atoms with E-state index in [1.807, 2.05) is 4.90 Å². The first-order valence-corrected chi connectivity index (χ1v) is 12.9. The Morgan fingerprint density at radius 2 is 1.94 bits per heavy atom. The Hall–Kier alpha value is -2.42. The normalized spacial score (nSPS) is 27.5. The molecule has 186 valence electrons. The summed E-state index contributed by atoms with van der Waals surface area (Å²) >= 11 is 0. The summed E-state index contributed by atoms with van der Waals surface area (Å²) in [5, 5.41) is 9.32. The number of nitrogen functional groups attached to an aromatic ring is 1. The average Bonchev–Trinajstić information content (AvgIpc) is 3.07. The smallest absolute Gasteiger partial charge is 0.259 e. The second-order valence-corrected chi connectivity index (χ2v) is 11.3. The summed E-state index contributed by atoms with van der Waals surface area (Å²) in [6, 6.07) is -1.21. The fourth-order valence-corrected chi connectivity index (χ4v) is 7.10. The molecule has 3 aliphatic heterocycles. The third kappa shape index (κ3) is 4.12. The van der Waals surface area contributed by atoms with Gasteiger partial charge in [-0.25, -0.2) is 31.0 Å². The van der Waals surface area contributed by atoms with Gasteiger partial charge in [-0.3, -0.25) is 9.69 Å². The van der Waals surface area contributed by atoms with Crippen molar-refractivity contribution in [2.75, 3.05) is 45.0 Å². The van der Waals surface area contributed by atoms with E-state index in [1.165, 1.54) is 4.31 Å². The summed E-state index contributed by atoms with van der Waals surface area (Å²) in [6.07, 6.45) is 2.51. The Morgan fingerprint density at radius 3 is 2.62 bits per heavy atom. The van der Waals surface area contributed by atoms with E-state index in [4.69, 9.17) is 5.73 Å². The molecule has 0 aliphatic carbocycles. The van der Waals surface area contributed by atoms with Crippen LogP contribution in [0.4, 0.5) is 14.6 Å². The van der Waals surface area contributed by atoms with Gasteiger partial charge < -0.3 is 16.4 Å². The fourth-order valence-electron chi connectivity index (χ4n) is 5.10. The van der Waals surface area contributed by atoms with Gasteiger partial charge in [0.2, 0.25) is 10.0 Å². The predicted octanol–water partition coefficient (Wildman–Crippen LogP) is -0.641. The highest BCUT2D eigenvalue weighted by Crippen LogP contribution is 2.28. The number of fused-ring (bicyclic) bond motifs is 1. The fraction of sp³-hybridized carbons (Fsp3) is 0.650. The number of carbonyl (C=O) groups is 1. The van der Waals surface area contributed by atoms with Crippen molar-refractivity contribution in [3.63, 3.8) is 0 Å². The molecule has 3 aliphatic rings. The average molecular weight is 499 g/mol. The summed E-state index contributed by atoms with van der Waals surface area (Å²) < 4.78 is 56.6. The molecule has 0 bridgehead atoms. The van der Waals surface area contributed by atoms with Crippen molar-refractivity contribution >= 4 is 27.4 Å². The van der Waals surface area contributed by atoms with Gasteiger partial charge in [0, 0.05) is 26.2 Å². The third-order valence-electron chi connectivity index (χ3n) is 6.99. The number of nitrogens with zero attached hydrogens (tertiary/aromatic N) is 5. The second-order valence-electron chi connectivity index (χ2n) is 9.08. The first kappa shape index (κ1) is 23.3. The number of halogens is 2. The zero-order valence-electron chi connectivity index (χ0n) is 18.5. The van der Waals surface area contributed by atoms with E-state index in [0.717, 1.165) is 23.3 Å². The Kier molecular flexibility index (Phi) is 6.16. The number of alkyl halides is 1. The van der Waals surface area contributed by atoms with E-state index >= 15 is 4.39 Å². The van der Waals surface area contributed by atoms with Crippen LogP contribution in [0.15, 0.2) is 12.4 Å². The number of likely N-dealkylation sites (tertiary alicyclic amines) is 1. The Morgan fingerprint density at radius 1 is 1.21 bits per heavy atom. The van der Waals surface area contributed by atoms with E-state index in [2.05, 4.69) is 20.7 Å². The van der Waals surface area contributed by atoms with E-state index in [0.29, 0.717) is 45.6 Å². The maximum absolute atomic E-state index is 15.1. The molecule has 5 rings (SSSR count). The molecular formula is C20H28F2N8O3S.